The van der Waals surface area contributed by atoms with Crippen molar-refractivity contribution >= 4 is 17.3 Å². The molecular formula is C17H20FN7O3. The number of nitrogens with zero attached hydrogens (tertiary/aromatic N) is 2. The molecule has 11 heteroatoms. The zero-order valence-corrected chi connectivity index (χ0v) is 15.5. The Kier molecular flexibility index (Phi) is 6.80. The van der Waals surface area contributed by atoms with E-state index in [0.29, 0.717) is 22.9 Å². The summed E-state index contributed by atoms with van der Waals surface area (Å²) in [5, 5.41) is 17.4. The van der Waals surface area contributed by atoms with Crippen molar-refractivity contribution in [1.29, 1.82) is 10.7 Å². The number of rotatable bonds is 8. The summed E-state index contributed by atoms with van der Waals surface area (Å²) in [6.07, 6.45) is 0. The maximum Gasteiger partial charge on any atom is 0.209 e. The molecular weight excluding hydrogens is 369 g/mol. The quantitative estimate of drug-likeness (QED) is 0.258. The third-order valence-corrected chi connectivity index (χ3v) is 3.60. The van der Waals surface area contributed by atoms with Crippen LogP contribution in [-0.2, 0) is 0 Å². The number of hydrogen-bond acceptors (Lipinski definition) is 8. The average molecular weight is 389 g/mol. The first-order chi connectivity index (χ1) is 13.4. The fourth-order valence-electron chi connectivity index (χ4n) is 2.32. The Morgan fingerprint density at radius 2 is 1.79 bits per heavy atom. The van der Waals surface area contributed by atoms with Crippen LogP contribution in [0.4, 0.5) is 15.8 Å². The summed E-state index contributed by atoms with van der Waals surface area (Å²) >= 11 is 0. The Bertz CT molecular complexity index is 876. The summed E-state index contributed by atoms with van der Waals surface area (Å²) in [7, 11) is 4.46. The van der Waals surface area contributed by atoms with Gasteiger partial charge in [0.05, 0.1) is 44.3 Å². The lowest BCUT2D eigenvalue weighted by Gasteiger charge is -2.24. The molecule has 0 heterocycles. The average Bonchev–Trinajstić information content (AvgIpc) is 2.70. The van der Waals surface area contributed by atoms with Crippen LogP contribution in [0.1, 0.15) is 5.56 Å². The van der Waals surface area contributed by atoms with Gasteiger partial charge in [-0.15, -0.1) is 5.53 Å². The van der Waals surface area contributed by atoms with Gasteiger partial charge in [0.1, 0.15) is 5.82 Å². The lowest BCUT2D eigenvalue weighted by molar-refractivity contribution is 0.324. The van der Waals surface area contributed by atoms with Gasteiger partial charge in [0.2, 0.25) is 11.7 Å². The molecule has 0 aliphatic carbocycles. The monoisotopic (exact) mass is 389 g/mol. The second-order valence-electron chi connectivity index (χ2n) is 5.27. The summed E-state index contributed by atoms with van der Waals surface area (Å²) in [5.74, 6) is 0.0630. The number of benzene rings is 2. The molecule has 10 nitrogen and oxygen atoms in total. The molecule has 0 bridgehead atoms. The number of methoxy groups -OCH3 is 3. The highest BCUT2D eigenvalue weighted by atomic mass is 19.1. The second kappa shape index (κ2) is 9.26. The minimum atomic E-state index is -0.726. The minimum absolute atomic E-state index is 0.0503. The minimum Gasteiger partial charge on any atom is -0.493 e. The molecule has 28 heavy (non-hydrogen) atoms. The lowest BCUT2D eigenvalue weighted by Crippen LogP contribution is -2.55. The van der Waals surface area contributed by atoms with Crippen LogP contribution in [0, 0.1) is 22.6 Å². The molecule has 0 unspecified atom stereocenters. The lowest BCUT2D eigenvalue weighted by atomic mass is 10.2. The number of halogens is 1. The highest BCUT2D eigenvalue weighted by molar-refractivity contribution is 5.91. The van der Waals surface area contributed by atoms with Gasteiger partial charge >= 0.3 is 0 Å². The van der Waals surface area contributed by atoms with Crippen LogP contribution in [0.5, 0.6) is 17.2 Å². The van der Waals surface area contributed by atoms with Crippen molar-refractivity contribution in [3.05, 3.63) is 41.7 Å². The second-order valence-corrected chi connectivity index (χ2v) is 5.27. The van der Waals surface area contributed by atoms with Gasteiger partial charge in [0, 0.05) is 12.1 Å². The van der Waals surface area contributed by atoms with E-state index in [0.717, 1.165) is 11.1 Å². The molecule has 0 radical (unpaired) electrons. The van der Waals surface area contributed by atoms with Gasteiger partial charge in [0.15, 0.2) is 11.5 Å². The van der Waals surface area contributed by atoms with Crippen molar-refractivity contribution in [2.45, 2.75) is 0 Å². The van der Waals surface area contributed by atoms with E-state index in [1.807, 2.05) is 6.07 Å². The fraction of sp³-hybridized carbons (Fsp3) is 0.176. The molecule has 0 atom stereocenters. The van der Waals surface area contributed by atoms with Gasteiger partial charge in [-0.25, -0.2) is 9.40 Å². The summed E-state index contributed by atoms with van der Waals surface area (Å²) in [5.41, 5.74) is 14.1. The molecule has 0 saturated carbocycles. The van der Waals surface area contributed by atoms with Crippen LogP contribution in [0.25, 0.3) is 0 Å². The standard InChI is InChI=1S/C17H20FN7O3/c1-26-14-7-11(8-15(27-2)16(14)28-3)22-23-24-25(17(20)21)13-5-4-10(9-19)6-12(13)18/h4-8,22-24H,1-3H3,(H3,20,21). The number of hydrazine groups is 3. The van der Waals surface area contributed by atoms with Crippen LogP contribution in [0.3, 0.4) is 0 Å². The first-order valence-corrected chi connectivity index (χ1v) is 7.85. The molecule has 148 valence electrons. The molecule has 2 aromatic rings. The molecule has 0 aliphatic heterocycles. The SMILES string of the molecule is COc1cc(NNNN(C(=N)N)c2ccc(C#N)cc2F)cc(OC)c1OC. The van der Waals surface area contributed by atoms with Gasteiger partial charge in [-0.3, -0.25) is 5.41 Å². The van der Waals surface area contributed by atoms with Gasteiger partial charge in [-0.05, 0) is 18.2 Å². The number of anilines is 2. The molecule has 0 spiro atoms. The van der Waals surface area contributed by atoms with E-state index in [1.165, 1.54) is 33.5 Å². The van der Waals surface area contributed by atoms with Gasteiger partial charge < -0.3 is 25.4 Å². The first kappa shape index (κ1) is 20.6. The molecule has 0 fully saturated rings. The molecule has 0 aromatic heterocycles. The van der Waals surface area contributed by atoms with Crippen LogP contribution in [-0.4, -0.2) is 27.3 Å². The topological polar surface area (TPSA) is 141 Å². The van der Waals surface area contributed by atoms with Gasteiger partial charge in [0.25, 0.3) is 0 Å². The van der Waals surface area contributed by atoms with Crippen molar-refractivity contribution in [2.75, 3.05) is 31.8 Å². The molecule has 2 rings (SSSR count). The number of hydrogen-bond donors (Lipinski definition) is 5. The smallest absolute Gasteiger partial charge is 0.209 e. The largest absolute Gasteiger partial charge is 0.493 e. The van der Waals surface area contributed by atoms with Crippen LogP contribution >= 0.6 is 0 Å². The van der Waals surface area contributed by atoms with Crippen molar-refractivity contribution in [3.8, 4) is 23.3 Å². The summed E-state index contributed by atoms with van der Waals surface area (Å²) < 4.78 is 30.0. The zero-order valence-electron chi connectivity index (χ0n) is 15.5. The highest BCUT2D eigenvalue weighted by Gasteiger charge is 2.16. The zero-order chi connectivity index (χ0) is 20.7. The van der Waals surface area contributed by atoms with Crippen LogP contribution < -0.4 is 41.4 Å². The Balaban J connectivity index is 2.16. The third-order valence-electron chi connectivity index (χ3n) is 3.60. The summed E-state index contributed by atoms with van der Waals surface area (Å²) in [6, 6.07) is 8.87. The molecule has 2 aromatic carbocycles. The highest BCUT2D eigenvalue weighted by Crippen LogP contribution is 2.39. The predicted molar refractivity (Wildman–Crippen MR) is 102 cm³/mol. The Morgan fingerprint density at radius 1 is 1.14 bits per heavy atom. The normalized spacial score (nSPS) is 9.96. The van der Waals surface area contributed by atoms with Gasteiger partial charge in [-0.2, -0.15) is 10.8 Å². The van der Waals surface area contributed by atoms with Crippen molar-refractivity contribution in [2.24, 2.45) is 5.73 Å². The number of ether oxygens (including phenoxy) is 3. The fourth-order valence-corrected chi connectivity index (χ4v) is 2.32. The molecule has 0 aliphatic rings. The maximum absolute atomic E-state index is 14.2. The van der Waals surface area contributed by atoms with Crippen LogP contribution in [0.15, 0.2) is 30.3 Å². The van der Waals surface area contributed by atoms with E-state index in [2.05, 4.69) is 16.5 Å². The first-order valence-electron chi connectivity index (χ1n) is 7.85. The number of nitriles is 1. The van der Waals surface area contributed by atoms with Crippen molar-refractivity contribution in [3.63, 3.8) is 0 Å². The Morgan fingerprint density at radius 3 is 2.25 bits per heavy atom. The van der Waals surface area contributed by atoms with E-state index in [-0.39, 0.29) is 11.3 Å². The predicted octanol–water partition coefficient (Wildman–Crippen LogP) is 1.46. The van der Waals surface area contributed by atoms with Crippen molar-refractivity contribution in [1.82, 2.24) is 11.1 Å². The maximum atomic E-state index is 14.2. The van der Waals surface area contributed by atoms with Crippen LogP contribution in [0.2, 0.25) is 0 Å². The molecule has 0 saturated heterocycles. The van der Waals surface area contributed by atoms with E-state index in [9.17, 15) is 4.39 Å². The van der Waals surface area contributed by atoms with Gasteiger partial charge in [-0.1, -0.05) is 0 Å². The molecule has 6 N–H and O–H groups in total. The Labute approximate surface area is 161 Å². The van der Waals surface area contributed by atoms with E-state index in [4.69, 9.17) is 30.6 Å². The third kappa shape index (κ3) is 4.50. The number of guanidine groups is 1. The molecule has 0 amide bonds. The summed E-state index contributed by atoms with van der Waals surface area (Å²) in [6.45, 7) is 0. The summed E-state index contributed by atoms with van der Waals surface area (Å²) in [4.78, 5) is 0. The number of nitrogens with one attached hydrogen (secondary N) is 4. The number of nitrogens with two attached hydrogens (primary N) is 1. The van der Waals surface area contributed by atoms with E-state index < -0.39 is 11.8 Å². The van der Waals surface area contributed by atoms with E-state index in [1.54, 1.807) is 12.1 Å². The van der Waals surface area contributed by atoms with E-state index >= 15 is 0 Å². The van der Waals surface area contributed by atoms with Crippen molar-refractivity contribution < 1.29 is 18.6 Å². The Hall–Kier alpha value is -3.75.